The summed E-state index contributed by atoms with van der Waals surface area (Å²) in [5, 5.41) is 2.27. The Hall–Kier alpha value is -1.94. The highest BCUT2D eigenvalue weighted by molar-refractivity contribution is 9.12. The lowest BCUT2D eigenvalue weighted by Gasteiger charge is -2.35. The molecule has 11 heteroatoms. The van der Waals surface area contributed by atoms with Crippen molar-refractivity contribution in [3.05, 3.63) is 63.6 Å². The second-order valence-electron chi connectivity index (χ2n) is 9.54. The molecule has 5 rings (SSSR count). The third-order valence-electron chi connectivity index (χ3n) is 7.67. The number of amides is 3. The molecule has 2 aromatic rings. The molecule has 2 aliphatic carbocycles. The Morgan fingerprint density at radius 2 is 1.49 bits per heavy atom. The molecule has 7 nitrogen and oxygen atoms in total. The Labute approximate surface area is 240 Å². The summed E-state index contributed by atoms with van der Waals surface area (Å²) in [5.41, 5.74) is 0.404. The lowest BCUT2D eigenvalue weighted by Crippen LogP contribution is -2.57. The largest absolute Gasteiger partial charge is 0.497 e. The van der Waals surface area contributed by atoms with Gasteiger partial charge in [0.15, 0.2) is 5.78 Å². The molecule has 1 saturated heterocycles. The number of nitrogens with zero attached hydrogens (tertiary/aromatic N) is 2. The summed E-state index contributed by atoms with van der Waals surface area (Å²) in [6.07, 6.45) is 0.744. The molecule has 0 radical (unpaired) electrons. The lowest BCUT2D eigenvalue weighted by atomic mass is 9.81. The first kappa shape index (κ1) is 26.7. The number of methoxy groups -OCH3 is 1. The Morgan fingerprint density at radius 3 is 2.00 bits per heavy atom. The summed E-state index contributed by atoms with van der Waals surface area (Å²) in [6.45, 7) is 1.51. The van der Waals surface area contributed by atoms with Gasteiger partial charge in [0.2, 0.25) is 0 Å². The van der Waals surface area contributed by atoms with E-state index in [-0.39, 0.29) is 37.1 Å². The molecule has 0 spiro atoms. The average molecular weight is 673 g/mol. The van der Waals surface area contributed by atoms with E-state index in [1.165, 1.54) is 32.2 Å². The number of alkyl halides is 2. The number of ketones is 1. The Balaban J connectivity index is 1.55. The summed E-state index contributed by atoms with van der Waals surface area (Å²) < 4.78 is 5.16. The highest BCUT2D eigenvalue weighted by Gasteiger charge is 2.68. The molecule has 0 N–H and O–H groups in total. The summed E-state index contributed by atoms with van der Waals surface area (Å²) in [6, 6.07) is 9.52. The van der Waals surface area contributed by atoms with Crippen LogP contribution >= 0.6 is 55.1 Å². The molecular weight excluding hydrogens is 651 g/mol. The third kappa shape index (κ3) is 4.22. The first-order chi connectivity index (χ1) is 17.6. The number of ether oxygens (including phenoxy) is 1. The number of carbonyl (C=O) groups excluding carboxylic acids is 4. The maximum absolute atomic E-state index is 13.9. The molecule has 2 bridgehead atoms. The van der Waals surface area contributed by atoms with Gasteiger partial charge in [0.05, 0.1) is 29.0 Å². The predicted molar refractivity (Wildman–Crippen MR) is 145 cm³/mol. The summed E-state index contributed by atoms with van der Waals surface area (Å²) in [5.74, 6) is -2.70. The van der Waals surface area contributed by atoms with Crippen LogP contribution in [0.3, 0.4) is 0 Å². The molecule has 3 amide bonds. The highest BCUT2D eigenvalue weighted by Crippen LogP contribution is 2.60. The van der Waals surface area contributed by atoms with E-state index in [4.69, 9.17) is 27.9 Å². The lowest BCUT2D eigenvalue weighted by molar-refractivity contribution is -0.157. The summed E-state index contributed by atoms with van der Waals surface area (Å²) in [7, 11) is 1.51. The van der Waals surface area contributed by atoms with E-state index in [0.717, 1.165) is 16.4 Å². The van der Waals surface area contributed by atoms with Gasteiger partial charge in [0.1, 0.15) is 11.8 Å². The van der Waals surface area contributed by atoms with E-state index >= 15 is 0 Å². The van der Waals surface area contributed by atoms with Crippen molar-refractivity contribution in [2.24, 2.45) is 23.7 Å². The zero-order valence-corrected chi connectivity index (χ0v) is 24.4. The fourth-order valence-corrected chi connectivity index (χ4v) is 8.03. The molecule has 194 valence electrons. The van der Waals surface area contributed by atoms with Gasteiger partial charge in [0, 0.05) is 20.8 Å². The van der Waals surface area contributed by atoms with Crippen molar-refractivity contribution in [3.63, 3.8) is 0 Å². The van der Waals surface area contributed by atoms with Crippen molar-refractivity contribution in [3.8, 4) is 5.75 Å². The van der Waals surface area contributed by atoms with E-state index in [1.807, 2.05) is 0 Å². The first-order valence-corrected chi connectivity index (χ1v) is 14.3. The summed E-state index contributed by atoms with van der Waals surface area (Å²) >= 11 is 19.6. The predicted octanol–water partition coefficient (Wildman–Crippen LogP) is 5.41. The van der Waals surface area contributed by atoms with Crippen LogP contribution < -0.4 is 4.74 Å². The van der Waals surface area contributed by atoms with Crippen LogP contribution in [0.2, 0.25) is 10.0 Å². The molecule has 1 heterocycles. The quantitative estimate of drug-likeness (QED) is 0.233. The van der Waals surface area contributed by atoms with Crippen LogP contribution in [0.5, 0.6) is 5.75 Å². The number of fused-ring (bicyclic) bond motifs is 5. The number of rotatable bonds is 6. The van der Waals surface area contributed by atoms with Crippen molar-refractivity contribution in [1.82, 2.24) is 10.0 Å². The molecule has 3 fully saturated rings. The van der Waals surface area contributed by atoms with Gasteiger partial charge in [-0.05, 0) is 67.6 Å². The van der Waals surface area contributed by atoms with Crippen LogP contribution in [0, 0.1) is 23.7 Å². The van der Waals surface area contributed by atoms with E-state index in [1.54, 1.807) is 24.3 Å². The van der Waals surface area contributed by atoms with Gasteiger partial charge in [-0.1, -0.05) is 55.1 Å². The smallest absolute Gasteiger partial charge is 0.273 e. The van der Waals surface area contributed by atoms with Gasteiger partial charge in [-0.25, -0.2) is 5.01 Å². The number of imide groups is 1. The number of carbonyl (C=O) groups is 4. The molecule has 3 aliphatic rings. The van der Waals surface area contributed by atoms with E-state index in [9.17, 15) is 19.2 Å². The van der Waals surface area contributed by atoms with Crippen LogP contribution in [0.4, 0.5) is 0 Å². The minimum absolute atomic E-state index is 0.0352. The molecular formula is C26H22Br2Cl2N2O5. The fourth-order valence-electron chi connectivity index (χ4n) is 5.85. The minimum Gasteiger partial charge on any atom is -0.497 e. The molecule has 0 unspecified atom stereocenters. The van der Waals surface area contributed by atoms with Crippen LogP contribution in [0.15, 0.2) is 42.5 Å². The second kappa shape index (κ2) is 9.98. The molecule has 1 aliphatic heterocycles. The highest BCUT2D eigenvalue weighted by atomic mass is 79.9. The zero-order chi connectivity index (χ0) is 26.8. The summed E-state index contributed by atoms with van der Waals surface area (Å²) in [4.78, 5) is 55.1. The molecule has 7 atom stereocenters. The van der Waals surface area contributed by atoms with Crippen molar-refractivity contribution in [1.29, 1.82) is 0 Å². The second-order valence-corrected chi connectivity index (χ2v) is 12.5. The van der Waals surface area contributed by atoms with Gasteiger partial charge in [-0.2, -0.15) is 5.01 Å². The third-order valence-corrected chi connectivity index (χ3v) is 11.6. The number of halogens is 4. The number of benzene rings is 2. The van der Waals surface area contributed by atoms with Gasteiger partial charge in [-0.3, -0.25) is 19.2 Å². The van der Waals surface area contributed by atoms with Crippen molar-refractivity contribution < 1.29 is 23.9 Å². The number of Topliss-reactive ketones (excluding diaryl/α,β-unsaturated/α-hetero) is 1. The Kier molecular flexibility index (Phi) is 7.19. The zero-order valence-electron chi connectivity index (χ0n) is 19.7. The maximum atomic E-state index is 13.9. The van der Waals surface area contributed by atoms with Gasteiger partial charge < -0.3 is 4.74 Å². The maximum Gasteiger partial charge on any atom is 0.273 e. The Morgan fingerprint density at radius 1 is 0.946 bits per heavy atom. The number of hydrazine groups is 1. The topological polar surface area (TPSA) is 84.0 Å². The van der Waals surface area contributed by atoms with Crippen LogP contribution in [-0.4, -0.2) is 56.3 Å². The SMILES string of the molecule is COc1ccc(C(=O)[C@H](C)N(C(=O)c2ccc(Cl)c(Cl)c2)N2C(=O)[C@@H]3[C@H]4C[C@@H]([C@@H](Br)[C@H]4Br)[C@H]3C2=O)cc1. The van der Waals surface area contributed by atoms with Crippen LogP contribution in [-0.2, 0) is 9.59 Å². The number of hydrogen-bond donors (Lipinski definition) is 0. The standard InChI is InChI=1S/C26H22Br2Cl2N2O5/c1-11(23(33)12-3-6-14(37-2)7-4-12)31(24(34)13-5-8-17(29)18(30)9-13)32-25(35)19-15-10-16(20(19)26(32)36)22(28)21(15)27/h3-9,11,15-16,19-22H,10H2,1-2H3/t11-,15+,16+,19+,20+,21-,22+/m0/s1. The van der Waals surface area contributed by atoms with E-state index in [0.29, 0.717) is 11.3 Å². The van der Waals surface area contributed by atoms with E-state index in [2.05, 4.69) is 31.9 Å². The number of hydrogen-bond acceptors (Lipinski definition) is 5. The molecule has 2 aromatic carbocycles. The molecule has 37 heavy (non-hydrogen) atoms. The fraction of sp³-hybridized carbons (Fsp3) is 0.385. The van der Waals surface area contributed by atoms with Crippen LogP contribution in [0.1, 0.15) is 34.1 Å². The first-order valence-electron chi connectivity index (χ1n) is 11.7. The van der Waals surface area contributed by atoms with Crippen LogP contribution in [0.25, 0.3) is 0 Å². The van der Waals surface area contributed by atoms with Gasteiger partial charge in [0.25, 0.3) is 17.7 Å². The average Bonchev–Trinajstić information content (AvgIpc) is 3.51. The van der Waals surface area contributed by atoms with Crippen molar-refractivity contribution >= 4 is 78.6 Å². The monoisotopic (exact) mass is 670 g/mol. The van der Waals surface area contributed by atoms with E-state index < -0.39 is 41.4 Å². The van der Waals surface area contributed by atoms with Crippen molar-refractivity contribution in [2.45, 2.75) is 29.0 Å². The van der Waals surface area contributed by atoms with Gasteiger partial charge >= 0.3 is 0 Å². The molecule has 0 aromatic heterocycles. The minimum atomic E-state index is -1.17. The van der Waals surface area contributed by atoms with Gasteiger partial charge in [-0.15, -0.1) is 0 Å². The van der Waals surface area contributed by atoms with Crippen molar-refractivity contribution in [2.75, 3.05) is 7.11 Å². The normalized spacial score (nSPS) is 28.9. The Bertz CT molecular complexity index is 1270. The molecule has 2 saturated carbocycles.